The molecule has 4 rings (SSSR count). The number of anilines is 1. The Morgan fingerprint density at radius 3 is 2.42 bits per heavy atom. The predicted octanol–water partition coefficient (Wildman–Crippen LogP) is 5.23. The van der Waals surface area contributed by atoms with Gasteiger partial charge in [0.2, 0.25) is 0 Å². The summed E-state index contributed by atoms with van der Waals surface area (Å²) in [6.45, 7) is 11.9. The molecule has 1 aliphatic heterocycles. The minimum absolute atomic E-state index is 0.258. The molecule has 4 heteroatoms. The highest BCUT2D eigenvalue weighted by molar-refractivity contribution is 5.88. The second kappa shape index (κ2) is 6.27. The zero-order chi connectivity index (χ0) is 18.4. The minimum Gasteiger partial charge on any atom is -0.364 e. The molecule has 1 aromatic heterocycles. The van der Waals surface area contributed by atoms with Gasteiger partial charge >= 0.3 is 0 Å². The van der Waals surface area contributed by atoms with Crippen molar-refractivity contribution in [2.45, 2.75) is 53.2 Å². The van der Waals surface area contributed by atoms with Gasteiger partial charge in [-0.2, -0.15) is 0 Å². The molecule has 0 fully saturated rings. The fourth-order valence-electron chi connectivity index (χ4n) is 3.83. The molecule has 0 saturated heterocycles. The van der Waals surface area contributed by atoms with Gasteiger partial charge in [0.1, 0.15) is 5.69 Å². The summed E-state index contributed by atoms with van der Waals surface area (Å²) in [6.07, 6.45) is 0. The topological polar surface area (TPSA) is 34.0 Å². The van der Waals surface area contributed by atoms with Gasteiger partial charge in [-0.05, 0) is 46.2 Å². The molecule has 134 valence electrons. The van der Waals surface area contributed by atoms with Crippen molar-refractivity contribution in [1.29, 1.82) is 0 Å². The maximum Gasteiger partial charge on any atom is 0.123 e. The van der Waals surface area contributed by atoms with E-state index in [0.29, 0.717) is 6.04 Å². The van der Waals surface area contributed by atoms with E-state index in [1.165, 1.54) is 22.4 Å². The van der Waals surface area contributed by atoms with Crippen LogP contribution < -0.4 is 4.90 Å². The highest BCUT2D eigenvalue weighted by atomic mass is 15.4. The lowest BCUT2D eigenvalue weighted by Crippen LogP contribution is -2.31. The van der Waals surface area contributed by atoms with Gasteiger partial charge in [0.05, 0.1) is 5.69 Å². The van der Waals surface area contributed by atoms with Crippen LogP contribution in [0.3, 0.4) is 0 Å². The second-order valence-electron chi connectivity index (χ2n) is 7.72. The van der Waals surface area contributed by atoms with Gasteiger partial charge in [0, 0.05) is 35.4 Å². The molecular weight excluding hydrogens is 320 g/mol. The van der Waals surface area contributed by atoms with Gasteiger partial charge in [-0.15, -0.1) is 5.10 Å². The Hall–Kier alpha value is -2.62. The monoisotopic (exact) mass is 346 g/mol. The molecule has 0 amide bonds. The van der Waals surface area contributed by atoms with Crippen LogP contribution in [0, 0.1) is 6.92 Å². The third-order valence-corrected chi connectivity index (χ3v) is 5.13. The van der Waals surface area contributed by atoms with E-state index < -0.39 is 0 Å². The van der Waals surface area contributed by atoms with Crippen LogP contribution in [0.15, 0.2) is 42.5 Å². The van der Waals surface area contributed by atoms with Gasteiger partial charge < -0.3 is 4.90 Å². The van der Waals surface area contributed by atoms with Crippen LogP contribution in [0.5, 0.6) is 0 Å². The number of fused-ring (bicyclic) bond motifs is 5. The number of hydrogen-bond acceptors (Lipinski definition) is 3. The summed E-state index contributed by atoms with van der Waals surface area (Å²) in [5.41, 5.74) is 8.35. The lowest BCUT2D eigenvalue weighted by molar-refractivity contribution is 0.519. The van der Waals surface area contributed by atoms with Gasteiger partial charge in [-0.3, -0.25) is 0 Å². The van der Waals surface area contributed by atoms with Crippen LogP contribution in [0.25, 0.3) is 22.5 Å². The largest absolute Gasteiger partial charge is 0.364 e. The zero-order valence-corrected chi connectivity index (χ0v) is 16.2. The van der Waals surface area contributed by atoms with Crippen molar-refractivity contribution >= 4 is 5.69 Å². The Kier molecular flexibility index (Phi) is 4.06. The smallest absolute Gasteiger partial charge is 0.123 e. The molecule has 0 saturated carbocycles. The molecule has 2 heterocycles. The SMILES string of the molecule is Cc1ccc2c(c1)CN(C(C)C)c1ccccc1-c1nnn(C(C)C)c1-2. The summed E-state index contributed by atoms with van der Waals surface area (Å²) >= 11 is 0. The first-order valence-corrected chi connectivity index (χ1v) is 9.38. The van der Waals surface area contributed by atoms with Gasteiger partial charge in [-0.25, -0.2) is 4.68 Å². The van der Waals surface area contributed by atoms with Gasteiger partial charge in [0.25, 0.3) is 0 Å². The van der Waals surface area contributed by atoms with Crippen LogP contribution in [0.2, 0.25) is 0 Å². The van der Waals surface area contributed by atoms with E-state index in [1.54, 1.807) is 0 Å². The van der Waals surface area contributed by atoms with Crippen molar-refractivity contribution in [3.05, 3.63) is 53.6 Å². The van der Waals surface area contributed by atoms with Crippen molar-refractivity contribution in [2.24, 2.45) is 0 Å². The van der Waals surface area contributed by atoms with Crippen molar-refractivity contribution in [1.82, 2.24) is 15.0 Å². The standard InChI is InChI=1S/C22H26N4/c1-14(2)25-13-17-12-16(5)10-11-18(17)22-21(23-24-26(22)15(3)4)19-8-6-7-9-20(19)25/h6-12,14-15H,13H2,1-5H3. The summed E-state index contributed by atoms with van der Waals surface area (Å²) in [4.78, 5) is 2.46. The first kappa shape index (κ1) is 16.8. The van der Waals surface area contributed by atoms with Gasteiger partial charge in [-0.1, -0.05) is 47.2 Å². The van der Waals surface area contributed by atoms with Crippen LogP contribution in [-0.2, 0) is 6.54 Å². The van der Waals surface area contributed by atoms with Crippen LogP contribution >= 0.6 is 0 Å². The molecule has 0 N–H and O–H groups in total. The van der Waals surface area contributed by atoms with E-state index in [9.17, 15) is 0 Å². The molecule has 0 aliphatic carbocycles. The lowest BCUT2D eigenvalue weighted by atomic mass is 9.93. The second-order valence-corrected chi connectivity index (χ2v) is 7.72. The first-order chi connectivity index (χ1) is 12.5. The highest BCUT2D eigenvalue weighted by Gasteiger charge is 2.27. The third-order valence-electron chi connectivity index (χ3n) is 5.13. The maximum absolute atomic E-state index is 4.62. The van der Waals surface area contributed by atoms with E-state index in [-0.39, 0.29) is 6.04 Å². The molecule has 3 aromatic rings. The number of benzene rings is 2. The number of rotatable bonds is 2. The molecule has 0 spiro atoms. The van der Waals surface area contributed by atoms with E-state index in [1.807, 2.05) is 0 Å². The summed E-state index contributed by atoms with van der Waals surface area (Å²) in [7, 11) is 0. The number of aromatic nitrogens is 3. The van der Waals surface area contributed by atoms with Crippen LogP contribution in [0.4, 0.5) is 5.69 Å². The van der Waals surface area contributed by atoms with E-state index in [2.05, 4.69) is 97.0 Å². The molecular formula is C22H26N4. The summed E-state index contributed by atoms with van der Waals surface area (Å²) in [5.74, 6) is 0. The lowest BCUT2D eigenvalue weighted by Gasteiger charge is -2.33. The van der Waals surface area contributed by atoms with Crippen molar-refractivity contribution in [3.63, 3.8) is 0 Å². The average Bonchev–Trinajstić information content (AvgIpc) is 3.03. The number of para-hydroxylation sites is 1. The summed E-state index contributed by atoms with van der Waals surface area (Å²) in [6, 6.07) is 16.0. The molecule has 2 aromatic carbocycles. The fraction of sp³-hybridized carbons (Fsp3) is 0.364. The molecule has 0 radical (unpaired) electrons. The van der Waals surface area contributed by atoms with Crippen LogP contribution in [0.1, 0.15) is 44.9 Å². The average molecular weight is 346 g/mol. The maximum atomic E-state index is 4.62. The zero-order valence-electron chi connectivity index (χ0n) is 16.2. The molecule has 4 nitrogen and oxygen atoms in total. The Morgan fingerprint density at radius 2 is 1.69 bits per heavy atom. The van der Waals surface area contributed by atoms with Crippen molar-refractivity contribution < 1.29 is 0 Å². The highest BCUT2D eigenvalue weighted by Crippen LogP contribution is 2.42. The van der Waals surface area contributed by atoms with E-state index in [4.69, 9.17) is 0 Å². The Morgan fingerprint density at radius 1 is 0.923 bits per heavy atom. The summed E-state index contributed by atoms with van der Waals surface area (Å²) < 4.78 is 2.06. The Labute approximate surface area is 155 Å². The molecule has 1 aliphatic rings. The minimum atomic E-state index is 0.258. The van der Waals surface area contributed by atoms with E-state index in [0.717, 1.165) is 23.5 Å². The number of nitrogens with zero attached hydrogens (tertiary/aromatic N) is 4. The Bertz CT molecular complexity index is 953. The number of aryl methyl sites for hydroxylation is 1. The van der Waals surface area contributed by atoms with Crippen LogP contribution in [-0.4, -0.2) is 21.0 Å². The normalized spacial score (nSPS) is 13.3. The van der Waals surface area contributed by atoms with Crippen molar-refractivity contribution in [2.75, 3.05) is 4.90 Å². The fourth-order valence-corrected chi connectivity index (χ4v) is 3.83. The van der Waals surface area contributed by atoms with E-state index >= 15 is 0 Å². The molecule has 0 unspecified atom stereocenters. The first-order valence-electron chi connectivity index (χ1n) is 9.38. The van der Waals surface area contributed by atoms with Gasteiger partial charge in [0.15, 0.2) is 0 Å². The predicted molar refractivity (Wildman–Crippen MR) is 107 cm³/mol. The Balaban J connectivity index is 2.09. The third kappa shape index (κ3) is 2.61. The van der Waals surface area contributed by atoms with Crippen molar-refractivity contribution in [3.8, 4) is 22.5 Å². The number of hydrogen-bond donors (Lipinski definition) is 0. The quantitative estimate of drug-likeness (QED) is 0.637. The molecule has 0 atom stereocenters. The molecule has 0 bridgehead atoms. The summed E-state index contributed by atoms with van der Waals surface area (Å²) in [5, 5.41) is 9.14. The molecule has 26 heavy (non-hydrogen) atoms.